The standard InChI is InChI=1S/C11H9F3N2O2/c12-11(13,14)7-10(18)16-9-6-8(2-1-5-17)3-4-15-9/h3-4,6,17H,5,7H2,(H,15,16,18). The van der Waals surface area contributed by atoms with Crippen LogP contribution in [0.2, 0.25) is 0 Å². The van der Waals surface area contributed by atoms with Crippen molar-refractivity contribution in [2.75, 3.05) is 11.9 Å². The van der Waals surface area contributed by atoms with Crippen LogP contribution in [0.5, 0.6) is 0 Å². The van der Waals surface area contributed by atoms with E-state index in [0.717, 1.165) is 0 Å². The number of alkyl halides is 3. The van der Waals surface area contributed by atoms with Crippen molar-refractivity contribution in [3.63, 3.8) is 0 Å². The summed E-state index contributed by atoms with van der Waals surface area (Å²) in [5.74, 6) is 3.70. The topological polar surface area (TPSA) is 62.2 Å². The molecule has 18 heavy (non-hydrogen) atoms. The minimum atomic E-state index is -4.56. The smallest absolute Gasteiger partial charge is 0.384 e. The molecule has 2 N–H and O–H groups in total. The average Bonchev–Trinajstić information content (AvgIpc) is 2.24. The highest BCUT2D eigenvalue weighted by Gasteiger charge is 2.31. The third-order valence-electron chi connectivity index (χ3n) is 1.70. The van der Waals surface area contributed by atoms with E-state index in [0.29, 0.717) is 5.56 Å². The highest BCUT2D eigenvalue weighted by atomic mass is 19.4. The van der Waals surface area contributed by atoms with E-state index < -0.39 is 18.5 Å². The number of rotatable bonds is 2. The van der Waals surface area contributed by atoms with Crippen molar-refractivity contribution < 1.29 is 23.1 Å². The molecule has 0 aliphatic rings. The Kier molecular flexibility index (Phi) is 4.68. The van der Waals surface area contributed by atoms with Gasteiger partial charge in [0, 0.05) is 11.8 Å². The lowest BCUT2D eigenvalue weighted by molar-refractivity contribution is -0.150. The average molecular weight is 258 g/mol. The summed E-state index contributed by atoms with van der Waals surface area (Å²) in [4.78, 5) is 14.7. The van der Waals surface area contributed by atoms with Gasteiger partial charge in [-0.3, -0.25) is 4.79 Å². The van der Waals surface area contributed by atoms with E-state index in [1.54, 1.807) is 0 Å². The van der Waals surface area contributed by atoms with Crippen molar-refractivity contribution >= 4 is 11.7 Å². The van der Waals surface area contributed by atoms with Gasteiger partial charge in [-0.15, -0.1) is 0 Å². The molecular weight excluding hydrogens is 249 g/mol. The van der Waals surface area contributed by atoms with Crippen LogP contribution in [0, 0.1) is 11.8 Å². The molecule has 1 aromatic heterocycles. The van der Waals surface area contributed by atoms with Crippen molar-refractivity contribution in [2.45, 2.75) is 12.6 Å². The highest BCUT2D eigenvalue weighted by Crippen LogP contribution is 2.20. The summed E-state index contributed by atoms with van der Waals surface area (Å²) >= 11 is 0. The van der Waals surface area contributed by atoms with Crippen molar-refractivity contribution in [1.82, 2.24) is 4.98 Å². The molecule has 7 heteroatoms. The van der Waals surface area contributed by atoms with Gasteiger partial charge in [0.1, 0.15) is 18.8 Å². The minimum absolute atomic E-state index is 0.0195. The third-order valence-corrected chi connectivity index (χ3v) is 1.70. The van der Waals surface area contributed by atoms with Crippen LogP contribution in [0.1, 0.15) is 12.0 Å². The van der Waals surface area contributed by atoms with Gasteiger partial charge in [0.2, 0.25) is 5.91 Å². The molecular formula is C11H9F3N2O2. The maximum absolute atomic E-state index is 11.9. The molecule has 0 bridgehead atoms. The largest absolute Gasteiger partial charge is 0.397 e. The number of hydrogen-bond acceptors (Lipinski definition) is 3. The Labute approximate surface area is 101 Å². The first-order chi connectivity index (χ1) is 8.40. The molecule has 0 unspecified atom stereocenters. The predicted molar refractivity (Wildman–Crippen MR) is 57.5 cm³/mol. The fourth-order valence-electron chi connectivity index (χ4n) is 1.09. The third kappa shape index (κ3) is 5.32. The summed E-state index contributed by atoms with van der Waals surface area (Å²) in [7, 11) is 0. The van der Waals surface area contributed by atoms with Gasteiger partial charge in [-0.05, 0) is 12.1 Å². The Morgan fingerprint density at radius 1 is 1.50 bits per heavy atom. The number of anilines is 1. The van der Waals surface area contributed by atoms with E-state index in [-0.39, 0.29) is 12.4 Å². The van der Waals surface area contributed by atoms with Gasteiger partial charge < -0.3 is 10.4 Å². The zero-order chi connectivity index (χ0) is 13.6. The van der Waals surface area contributed by atoms with Crippen LogP contribution < -0.4 is 5.32 Å². The molecule has 0 spiro atoms. The van der Waals surface area contributed by atoms with Gasteiger partial charge in [-0.1, -0.05) is 11.8 Å². The minimum Gasteiger partial charge on any atom is -0.384 e. The van der Waals surface area contributed by atoms with E-state index in [2.05, 4.69) is 16.8 Å². The van der Waals surface area contributed by atoms with Crippen molar-refractivity contribution in [1.29, 1.82) is 0 Å². The molecule has 1 heterocycles. The van der Waals surface area contributed by atoms with Gasteiger partial charge >= 0.3 is 6.18 Å². The zero-order valence-electron chi connectivity index (χ0n) is 9.08. The summed E-state index contributed by atoms with van der Waals surface area (Å²) in [5.41, 5.74) is 0.432. The fraction of sp³-hybridized carbons (Fsp3) is 0.273. The van der Waals surface area contributed by atoms with Crippen LogP contribution in [-0.2, 0) is 4.79 Å². The number of aromatic nitrogens is 1. The van der Waals surface area contributed by atoms with E-state index in [9.17, 15) is 18.0 Å². The number of nitrogens with zero attached hydrogens (tertiary/aromatic N) is 1. The Hall–Kier alpha value is -2.07. The number of carbonyl (C=O) groups is 1. The molecule has 4 nitrogen and oxygen atoms in total. The lowest BCUT2D eigenvalue weighted by Gasteiger charge is -2.07. The molecule has 0 saturated carbocycles. The Balaban J connectivity index is 2.70. The second-order valence-electron chi connectivity index (χ2n) is 3.23. The highest BCUT2D eigenvalue weighted by molar-refractivity contribution is 5.90. The quantitative estimate of drug-likeness (QED) is 0.786. The first kappa shape index (κ1) is 14.0. The second-order valence-corrected chi connectivity index (χ2v) is 3.23. The number of pyridine rings is 1. The lowest BCUT2D eigenvalue weighted by Crippen LogP contribution is -2.21. The second kappa shape index (κ2) is 6.02. The Morgan fingerprint density at radius 2 is 2.22 bits per heavy atom. The summed E-state index contributed by atoms with van der Waals surface area (Å²) in [5, 5.41) is 10.5. The molecule has 1 rings (SSSR count). The summed E-state index contributed by atoms with van der Waals surface area (Å²) in [6.45, 7) is -0.335. The van der Waals surface area contributed by atoms with Crippen LogP contribution in [0.15, 0.2) is 18.3 Å². The molecule has 1 aromatic rings. The normalized spacial score (nSPS) is 10.4. The number of hydrogen-bond donors (Lipinski definition) is 2. The molecule has 0 atom stereocenters. The number of aliphatic hydroxyl groups excluding tert-OH is 1. The monoisotopic (exact) mass is 258 g/mol. The fourth-order valence-corrected chi connectivity index (χ4v) is 1.09. The number of carbonyl (C=O) groups excluding carboxylic acids is 1. The number of halogens is 3. The molecule has 1 amide bonds. The van der Waals surface area contributed by atoms with Gasteiger partial charge in [-0.2, -0.15) is 13.2 Å². The number of amides is 1. The van der Waals surface area contributed by atoms with Crippen molar-refractivity contribution in [3.8, 4) is 11.8 Å². The van der Waals surface area contributed by atoms with Gasteiger partial charge in [0.15, 0.2) is 0 Å². The summed E-state index contributed by atoms with van der Waals surface area (Å²) < 4.78 is 35.8. The molecule has 0 fully saturated rings. The van der Waals surface area contributed by atoms with Crippen molar-refractivity contribution in [2.24, 2.45) is 0 Å². The Morgan fingerprint density at radius 3 is 2.83 bits per heavy atom. The van der Waals surface area contributed by atoms with Crippen LogP contribution in [-0.4, -0.2) is 28.8 Å². The van der Waals surface area contributed by atoms with Gasteiger partial charge in [0.25, 0.3) is 0 Å². The van der Waals surface area contributed by atoms with Crippen LogP contribution in [0.4, 0.5) is 19.0 Å². The van der Waals surface area contributed by atoms with Crippen LogP contribution in [0.25, 0.3) is 0 Å². The molecule has 0 radical (unpaired) electrons. The molecule has 0 aromatic carbocycles. The molecule has 96 valence electrons. The molecule has 0 saturated heterocycles. The predicted octanol–water partition coefficient (Wildman–Crippen LogP) is 1.32. The van der Waals surface area contributed by atoms with E-state index in [4.69, 9.17) is 5.11 Å². The SMILES string of the molecule is O=C(CC(F)(F)F)Nc1cc(C#CCO)ccn1. The van der Waals surface area contributed by atoms with Crippen LogP contribution >= 0.6 is 0 Å². The molecule has 0 aliphatic carbocycles. The summed E-state index contributed by atoms with van der Waals surface area (Å²) in [6.07, 6.45) is -4.83. The summed E-state index contributed by atoms with van der Waals surface area (Å²) in [6, 6.07) is 2.82. The number of aliphatic hydroxyl groups is 1. The lowest BCUT2D eigenvalue weighted by atomic mass is 10.2. The maximum Gasteiger partial charge on any atom is 0.397 e. The van der Waals surface area contributed by atoms with Gasteiger partial charge in [-0.25, -0.2) is 4.98 Å². The first-order valence-corrected chi connectivity index (χ1v) is 4.83. The van der Waals surface area contributed by atoms with Crippen molar-refractivity contribution in [3.05, 3.63) is 23.9 Å². The van der Waals surface area contributed by atoms with E-state index in [1.165, 1.54) is 18.3 Å². The van der Waals surface area contributed by atoms with Crippen LogP contribution in [0.3, 0.4) is 0 Å². The maximum atomic E-state index is 11.9. The number of nitrogens with one attached hydrogen (secondary N) is 1. The first-order valence-electron chi connectivity index (χ1n) is 4.83. The van der Waals surface area contributed by atoms with Gasteiger partial charge in [0.05, 0.1) is 0 Å². The zero-order valence-corrected chi connectivity index (χ0v) is 9.08. The Bertz CT molecular complexity index is 489. The van der Waals surface area contributed by atoms with E-state index in [1.807, 2.05) is 5.32 Å². The van der Waals surface area contributed by atoms with E-state index >= 15 is 0 Å². The molecule has 0 aliphatic heterocycles.